The first kappa shape index (κ1) is 19.6. The second-order valence-corrected chi connectivity index (χ2v) is 7.41. The normalized spacial score (nSPS) is 11.0. The number of phenolic OH excluding ortho intramolecular Hbond substituents is 3. The van der Waals surface area contributed by atoms with Gasteiger partial charge in [0.25, 0.3) is 0 Å². The molecule has 0 amide bonds. The predicted molar refractivity (Wildman–Crippen MR) is 110 cm³/mol. The van der Waals surface area contributed by atoms with Crippen molar-refractivity contribution in [2.45, 2.75) is 33.1 Å². The van der Waals surface area contributed by atoms with E-state index >= 15 is 0 Å². The molecule has 0 heterocycles. The van der Waals surface area contributed by atoms with Crippen molar-refractivity contribution >= 4 is 0 Å². The monoisotopic (exact) mass is 378 g/mol. The number of rotatable bonds is 7. The molecule has 4 nitrogen and oxygen atoms in total. The highest BCUT2D eigenvalue weighted by atomic mass is 16.5. The first-order valence-corrected chi connectivity index (χ1v) is 9.51. The summed E-state index contributed by atoms with van der Waals surface area (Å²) < 4.78 is 5.79. The summed E-state index contributed by atoms with van der Waals surface area (Å²) >= 11 is 0. The summed E-state index contributed by atoms with van der Waals surface area (Å²) in [6, 6.07) is 18.9. The molecule has 3 rings (SSSR count). The smallest absolute Gasteiger partial charge is 0.200 e. The van der Waals surface area contributed by atoms with Gasteiger partial charge in [0.05, 0.1) is 0 Å². The predicted octanol–water partition coefficient (Wildman–Crippen LogP) is 5.78. The van der Waals surface area contributed by atoms with Crippen LogP contribution < -0.4 is 4.74 Å². The fourth-order valence-corrected chi connectivity index (χ4v) is 3.05. The molecule has 3 aromatic rings. The fourth-order valence-electron chi connectivity index (χ4n) is 3.05. The molecule has 0 aliphatic carbocycles. The van der Waals surface area contributed by atoms with Crippen LogP contribution in [0.2, 0.25) is 0 Å². The molecule has 3 aromatic carbocycles. The van der Waals surface area contributed by atoms with Crippen LogP contribution in [0.5, 0.6) is 28.7 Å². The molecule has 0 bridgehead atoms. The molecular weight excluding hydrogens is 352 g/mol. The topological polar surface area (TPSA) is 69.9 Å². The van der Waals surface area contributed by atoms with Crippen LogP contribution in [0.25, 0.3) is 0 Å². The number of aromatic hydroxyl groups is 3. The van der Waals surface area contributed by atoms with E-state index in [2.05, 4.69) is 13.8 Å². The van der Waals surface area contributed by atoms with E-state index in [-0.39, 0.29) is 11.5 Å². The summed E-state index contributed by atoms with van der Waals surface area (Å²) in [5.41, 5.74) is 2.21. The van der Waals surface area contributed by atoms with Gasteiger partial charge >= 0.3 is 0 Å². The average molecular weight is 378 g/mol. The highest BCUT2D eigenvalue weighted by molar-refractivity contribution is 5.58. The third-order valence-corrected chi connectivity index (χ3v) is 4.69. The lowest BCUT2D eigenvalue weighted by atomic mass is 9.96. The van der Waals surface area contributed by atoms with Gasteiger partial charge in [-0.05, 0) is 60.2 Å². The number of aryl methyl sites for hydroxylation is 1. The second kappa shape index (κ2) is 8.70. The molecule has 146 valence electrons. The number of para-hydroxylation sites is 1. The van der Waals surface area contributed by atoms with Crippen LogP contribution in [0.15, 0.2) is 60.7 Å². The Morgan fingerprint density at radius 3 is 2.00 bits per heavy atom. The fraction of sp³-hybridized carbons (Fsp3) is 0.250. The largest absolute Gasteiger partial charge is 0.504 e. The number of benzene rings is 3. The van der Waals surface area contributed by atoms with E-state index < -0.39 is 5.75 Å². The minimum atomic E-state index is -0.444. The molecule has 0 fully saturated rings. The van der Waals surface area contributed by atoms with Crippen LogP contribution in [-0.2, 0) is 12.8 Å². The molecule has 4 heteroatoms. The van der Waals surface area contributed by atoms with Gasteiger partial charge in [0.1, 0.15) is 11.5 Å². The van der Waals surface area contributed by atoms with Gasteiger partial charge in [-0.1, -0.05) is 44.2 Å². The summed E-state index contributed by atoms with van der Waals surface area (Å²) in [6.07, 6.45) is 1.98. The van der Waals surface area contributed by atoms with Crippen LogP contribution >= 0.6 is 0 Å². The molecule has 0 aliphatic rings. The number of ether oxygens (including phenoxy) is 1. The van der Waals surface area contributed by atoms with E-state index in [0.29, 0.717) is 29.9 Å². The third-order valence-electron chi connectivity index (χ3n) is 4.69. The van der Waals surface area contributed by atoms with Crippen molar-refractivity contribution in [1.29, 1.82) is 0 Å². The lowest BCUT2D eigenvalue weighted by Gasteiger charge is -2.14. The molecule has 0 radical (unpaired) electrons. The Balaban J connectivity index is 1.77. The maximum absolute atomic E-state index is 10.3. The van der Waals surface area contributed by atoms with Crippen LogP contribution in [-0.4, -0.2) is 15.3 Å². The minimum Gasteiger partial charge on any atom is -0.504 e. The van der Waals surface area contributed by atoms with Gasteiger partial charge in [-0.3, -0.25) is 0 Å². The molecule has 0 unspecified atom stereocenters. The third kappa shape index (κ3) is 4.77. The van der Waals surface area contributed by atoms with Crippen LogP contribution in [0, 0.1) is 5.92 Å². The van der Waals surface area contributed by atoms with Crippen molar-refractivity contribution in [2.75, 3.05) is 0 Å². The van der Waals surface area contributed by atoms with Gasteiger partial charge in [0.15, 0.2) is 11.5 Å². The van der Waals surface area contributed by atoms with Crippen molar-refractivity contribution in [1.82, 2.24) is 0 Å². The maximum Gasteiger partial charge on any atom is 0.200 e. The van der Waals surface area contributed by atoms with Crippen molar-refractivity contribution in [2.24, 2.45) is 5.92 Å². The molecule has 0 aliphatic heterocycles. The molecule has 28 heavy (non-hydrogen) atoms. The van der Waals surface area contributed by atoms with Gasteiger partial charge in [0.2, 0.25) is 5.75 Å². The van der Waals surface area contributed by atoms with Crippen LogP contribution in [0.1, 0.15) is 37.0 Å². The second-order valence-electron chi connectivity index (χ2n) is 7.41. The first-order chi connectivity index (χ1) is 13.4. The summed E-state index contributed by atoms with van der Waals surface area (Å²) in [7, 11) is 0. The average Bonchev–Trinajstić information content (AvgIpc) is 2.69. The summed E-state index contributed by atoms with van der Waals surface area (Å²) in [5, 5.41) is 30.5. The Kier molecular flexibility index (Phi) is 6.09. The van der Waals surface area contributed by atoms with Gasteiger partial charge < -0.3 is 20.1 Å². The Bertz CT molecular complexity index is 916. The van der Waals surface area contributed by atoms with E-state index in [1.807, 2.05) is 54.6 Å². The molecular formula is C24H26O4. The van der Waals surface area contributed by atoms with Gasteiger partial charge in [-0.25, -0.2) is 0 Å². The standard InChI is InChI=1S/C24H26O4/c1-16(2)8-11-18-15-19(23(26)24(27)22(18)25)14-17-9-12-21(13-10-17)28-20-6-4-3-5-7-20/h3-7,9-10,12-13,15-16,25-27H,8,11,14H2,1-2H3. The Morgan fingerprint density at radius 2 is 1.36 bits per heavy atom. The van der Waals surface area contributed by atoms with Crippen molar-refractivity contribution < 1.29 is 20.1 Å². The summed E-state index contributed by atoms with van der Waals surface area (Å²) in [4.78, 5) is 0. The number of phenols is 3. The molecule has 3 N–H and O–H groups in total. The van der Waals surface area contributed by atoms with E-state index in [1.54, 1.807) is 6.07 Å². The summed E-state index contributed by atoms with van der Waals surface area (Å²) in [6.45, 7) is 4.22. The SMILES string of the molecule is CC(C)CCc1cc(Cc2ccc(Oc3ccccc3)cc2)c(O)c(O)c1O. The number of hydrogen-bond donors (Lipinski definition) is 3. The zero-order valence-corrected chi connectivity index (χ0v) is 16.2. The Morgan fingerprint density at radius 1 is 0.750 bits per heavy atom. The molecule has 0 atom stereocenters. The number of hydrogen-bond acceptors (Lipinski definition) is 4. The van der Waals surface area contributed by atoms with E-state index in [4.69, 9.17) is 4.74 Å². The summed E-state index contributed by atoms with van der Waals surface area (Å²) in [5.74, 6) is 1.04. The molecule has 0 saturated heterocycles. The quantitative estimate of drug-likeness (QED) is 0.456. The lowest BCUT2D eigenvalue weighted by molar-refractivity contribution is 0.361. The molecule has 0 saturated carbocycles. The maximum atomic E-state index is 10.3. The van der Waals surface area contributed by atoms with E-state index in [9.17, 15) is 15.3 Å². The first-order valence-electron chi connectivity index (χ1n) is 9.51. The lowest BCUT2D eigenvalue weighted by Crippen LogP contribution is -1.97. The van der Waals surface area contributed by atoms with Gasteiger partial charge in [0, 0.05) is 12.0 Å². The van der Waals surface area contributed by atoms with E-state index in [0.717, 1.165) is 23.5 Å². The van der Waals surface area contributed by atoms with Crippen LogP contribution in [0.4, 0.5) is 0 Å². The van der Waals surface area contributed by atoms with Crippen LogP contribution in [0.3, 0.4) is 0 Å². The zero-order chi connectivity index (χ0) is 20.1. The van der Waals surface area contributed by atoms with E-state index in [1.165, 1.54) is 0 Å². The Labute approximate surface area is 165 Å². The van der Waals surface area contributed by atoms with Gasteiger partial charge in [-0.15, -0.1) is 0 Å². The minimum absolute atomic E-state index is 0.228. The Hall–Kier alpha value is -3.14. The molecule has 0 aromatic heterocycles. The van der Waals surface area contributed by atoms with Crippen molar-refractivity contribution in [3.63, 3.8) is 0 Å². The highest BCUT2D eigenvalue weighted by Gasteiger charge is 2.17. The van der Waals surface area contributed by atoms with Gasteiger partial charge in [-0.2, -0.15) is 0 Å². The molecule has 0 spiro atoms. The van der Waals surface area contributed by atoms with Crippen molar-refractivity contribution in [3.05, 3.63) is 77.4 Å². The zero-order valence-electron chi connectivity index (χ0n) is 16.2. The highest BCUT2D eigenvalue weighted by Crippen LogP contribution is 2.41. The van der Waals surface area contributed by atoms with Crippen molar-refractivity contribution in [3.8, 4) is 28.7 Å².